The SMILES string of the molecule is Cc1ccc2nc(Nc3ccc(-c4ccccc4C(=O)CC(C)(C)C(=O)O)cc3)oc2c1. The summed E-state index contributed by atoms with van der Waals surface area (Å²) in [6.45, 7) is 5.12. The van der Waals surface area contributed by atoms with E-state index in [4.69, 9.17) is 4.42 Å². The van der Waals surface area contributed by atoms with Gasteiger partial charge in [0.05, 0.1) is 5.41 Å². The van der Waals surface area contributed by atoms with Gasteiger partial charge in [-0.2, -0.15) is 4.98 Å². The van der Waals surface area contributed by atoms with Gasteiger partial charge in [-0.15, -0.1) is 0 Å². The molecule has 0 bridgehead atoms. The third-order valence-electron chi connectivity index (χ3n) is 5.40. The van der Waals surface area contributed by atoms with Gasteiger partial charge in [-0.25, -0.2) is 0 Å². The number of nitrogens with one attached hydrogen (secondary N) is 1. The van der Waals surface area contributed by atoms with Crippen molar-refractivity contribution in [1.29, 1.82) is 0 Å². The molecule has 0 aliphatic rings. The van der Waals surface area contributed by atoms with E-state index < -0.39 is 11.4 Å². The predicted molar refractivity (Wildman–Crippen MR) is 124 cm³/mol. The van der Waals surface area contributed by atoms with E-state index in [1.807, 2.05) is 61.5 Å². The smallest absolute Gasteiger partial charge is 0.309 e. The summed E-state index contributed by atoms with van der Waals surface area (Å²) >= 11 is 0. The summed E-state index contributed by atoms with van der Waals surface area (Å²) in [5.41, 5.74) is 4.42. The van der Waals surface area contributed by atoms with Crippen molar-refractivity contribution in [2.75, 3.05) is 5.32 Å². The fourth-order valence-electron chi connectivity index (χ4n) is 3.49. The summed E-state index contributed by atoms with van der Waals surface area (Å²) in [5, 5.41) is 12.5. The molecule has 0 amide bonds. The van der Waals surface area contributed by atoms with Crippen LogP contribution in [0.25, 0.3) is 22.2 Å². The molecule has 1 heterocycles. The van der Waals surface area contributed by atoms with E-state index in [-0.39, 0.29) is 12.2 Å². The number of hydrogen-bond donors (Lipinski definition) is 2. The molecule has 0 fully saturated rings. The molecule has 0 atom stereocenters. The van der Waals surface area contributed by atoms with Gasteiger partial charge in [0.25, 0.3) is 6.01 Å². The summed E-state index contributed by atoms with van der Waals surface area (Å²) in [6.07, 6.45) is -0.0732. The number of fused-ring (bicyclic) bond motifs is 1. The van der Waals surface area contributed by atoms with Crippen LogP contribution in [0, 0.1) is 12.3 Å². The second-order valence-corrected chi connectivity index (χ2v) is 8.53. The normalized spacial score (nSPS) is 11.5. The summed E-state index contributed by atoms with van der Waals surface area (Å²) < 4.78 is 5.77. The predicted octanol–water partition coefficient (Wildman–Crippen LogP) is 6.23. The van der Waals surface area contributed by atoms with Crippen molar-refractivity contribution >= 4 is 34.6 Å². The summed E-state index contributed by atoms with van der Waals surface area (Å²) in [4.78, 5) is 28.8. The van der Waals surface area contributed by atoms with Crippen LogP contribution in [0.3, 0.4) is 0 Å². The lowest BCUT2D eigenvalue weighted by atomic mass is 9.84. The number of carboxylic acids is 1. The monoisotopic (exact) mass is 428 g/mol. The molecule has 0 aliphatic carbocycles. The third kappa shape index (κ3) is 4.39. The maximum Gasteiger partial charge on any atom is 0.309 e. The van der Waals surface area contributed by atoms with E-state index in [9.17, 15) is 14.7 Å². The summed E-state index contributed by atoms with van der Waals surface area (Å²) in [6, 6.07) is 21.1. The molecule has 6 heteroatoms. The van der Waals surface area contributed by atoms with Gasteiger partial charge in [0, 0.05) is 17.7 Å². The molecule has 3 aromatic carbocycles. The van der Waals surface area contributed by atoms with Crippen molar-refractivity contribution in [3.05, 3.63) is 77.9 Å². The van der Waals surface area contributed by atoms with E-state index in [1.165, 1.54) is 0 Å². The second kappa shape index (κ2) is 8.30. The number of carbonyl (C=O) groups excluding carboxylic acids is 1. The first-order valence-corrected chi connectivity index (χ1v) is 10.3. The number of aliphatic carboxylic acids is 1. The molecule has 0 aliphatic heterocycles. The number of ketones is 1. The standard InChI is InChI=1S/C26H24N2O4/c1-16-8-13-21-23(14-16)32-25(28-21)27-18-11-9-17(10-12-18)19-6-4-5-7-20(19)22(29)15-26(2,3)24(30)31/h4-14H,15H2,1-3H3,(H,27,28)(H,30,31). The first kappa shape index (κ1) is 21.3. The van der Waals surface area contributed by atoms with Gasteiger partial charge in [-0.05, 0) is 61.7 Å². The Hall–Kier alpha value is -3.93. The first-order chi connectivity index (χ1) is 15.2. The molecule has 32 heavy (non-hydrogen) atoms. The number of aryl methyl sites for hydroxylation is 1. The van der Waals surface area contributed by atoms with Crippen molar-refractivity contribution in [2.45, 2.75) is 27.2 Å². The molecule has 4 aromatic rings. The Kier molecular flexibility index (Phi) is 5.53. The van der Waals surface area contributed by atoms with Crippen LogP contribution in [0.15, 0.2) is 71.1 Å². The Morgan fingerprint density at radius 2 is 1.75 bits per heavy atom. The molecule has 162 valence electrons. The lowest BCUT2D eigenvalue weighted by Gasteiger charge is -2.19. The van der Waals surface area contributed by atoms with E-state index in [1.54, 1.807) is 26.0 Å². The Balaban J connectivity index is 1.56. The van der Waals surface area contributed by atoms with Crippen LogP contribution in [0.4, 0.5) is 11.7 Å². The zero-order chi connectivity index (χ0) is 22.9. The number of anilines is 2. The van der Waals surface area contributed by atoms with Crippen LogP contribution < -0.4 is 5.32 Å². The highest BCUT2D eigenvalue weighted by atomic mass is 16.4. The number of nitrogens with zero attached hydrogens (tertiary/aromatic N) is 1. The van der Waals surface area contributed by atoms with E-state index >= 15 is 0 Å². The van der Waals surface area contributed by atoms with Gasteiger partial charge < -0.3 is 14.8 Å². The Morgan fingerprint density at radius 1 is 1.03 bits per heavy atom. The van der Waals surface area contributed by atoms with Crippen molar-refractivity contribution in [1.82, 2.24) is 4.98 Å². The fraction of sp³-hybridized carbons (Fsp3) is 0.192. The third-order valence-corrected chi connectivity index (χ3v) is 5.40. The highest BCUT2D eigenvalue weighted by Gasteiger charge is 2.31. The van der Waals surface area contributed by atoms with Gasteiger partial charge >= 0.3 is 5.97 Å². The maximum absolute atomic E-state index is 12.9. The molecule has 1 aromatic heterocycles. The fourth-order valence-corrected chi connectivity index (χ4v) is 3.49. The van der Waals surface area contributed by atoms with Gasteiger partial charge in [-0.1, -0.05) is 42.5 Å². The molecule has 0 spiro atoms. The lowest BCUT2D eigenvalue weighted by Crippen LogP contribution is -2.27. The first-order valence-electron chi connectivity index (χ1n) is 10.3. The number of benzene rings is 3. The number of hydrogen-bond acceptors (Lipinski definition) is 5. The highest BCUT2D eigenvalue weighted by molar-refractivity contribution is 6.04. The Morgan fingerprint density at radius 3 is 2.47 bits per heavy atom. The van der Waals surface area contributed by atoms with Crippen LogP contribution in [0.5, 0.6) is 0 Å². The maximum atomic E-state index is 12.9. The van der Waals surface area contributed by atoms with Gasteiger partial charge in [0.1, 0.15) is 5.52 Å². The number of oxazole rings is 1. The summed E-state index contributed by atoms with van der Waals surface area (Å²) in [5.74, 6) is -1.19. The zero-order valence-corrected chi connectivity index (χ0v) is 18.2. The van der Waals surface area contributed by atoms with Crippen LogP contribution in [0.1, 0.15) is 36.2 Å². The van der Waals surface area contributed by atoms with Gasteiger partial charge in [-0.3, -0.25) is 9.59 Å². The van der Waals surface area contributed by atoms with E-state index in [0.29, 0.717) is 11.6 Å². The van der Waals surface area contributed by atoms with Crippen molar-refractivity contribution < 1.29 is 19.1 Å². The average molecular weight is 428 g/mol. The quantitative estimate of drug-likeness (QED) is 0.339. The minimum Gasteiger partial charge on any atom is -0.481 e. The van der Waals surface area contributed by atoms with Crippen LogP contribution in [-0.4, -0.2) is 21.8 Å². The van der Waals surface area contributed by atoms with E-state index in [2.05, 4.69) is 10.3 Å². The van der Waals surface area contributed by atoms with E-state index in [0.717, 1.165) is 33.5 Å². The number of rotatable bonds is 7. The largest absolute Gasteiger partial charge is 0.481 e. The minimum atomic E-state index is -1.13. The number of carbonyl (C=O) groups is 2. The van der Waals surface area contributed by atoms with Crippen LogP contribution in [-0.2, 0) is 4.79 Å². The second-order valence-electron chi connectivity index (χ2n) is 8.53. The molecule has 0 radical (unpaired) electrons. The molecule has 2 N–H and O–H groups in total. The molecule has 6 nitrogen and oxygen atoms in total. The number of Topliss-reactive ketones (excluding diaryl/α,β-unsaturated/α-hetero) is 1. The van der Waals surface area contributed by atoms with Crippen molar-refractivity contribution in [2.24, 2.45) is 5.41 Å². The topological polar surface area (TPSA) is 92.4 Å². The number of carboxylic acid groups (broad SMARTS) is 1. The molecule has 0 unspecified atom stereocenters. The number of aromatic nitrogens is 1. The minimum absolute atomic E-state index is 0.0732. The van der Waals surface area contributed by atoms with Gasteiger partial charge in [0.2, 0.25) is 0 Å². The molecule has 0 saturated heterocycles. The average Bonchev–Trinajstić information content (AvgIpc) is 3.15. The molecule has 4 rings (SSSR count). The van der Waals surface area contributed by atoms with Crippen LogP contribution >= 0.6 is 0 Å². The lowest BCUT2D eigenvalue weighted by molar-refractivity contribution is -0.146. The molecule has 0 saturated carbocycles. The summed E-state index contributed by atoms with van der Waals surface area (Å²) in [7, 11) is 0. The Labute approximate surface area is 185 Å². The van der Waals surface area contributed by atoms with Crippen molar-refractivity contribution in [3.8, 4) is 11.1 Å². The highest BCUT2D eigenvalue weighted by Crippen LogP contribution is 2.30. The van der Waals surface area contributed by atoms with Gasteiger partial charge in [0.15, 0.2) is 11.4 Å². The molecular formula is C26H24N2O4. The van der Waals surface area contributed by atoms with Crippen LogP contribution in [0.2, 0.25) is 0 Å². The Bertz CT molecular complexity index is 1300. The zero-order valence-electron chi connectivity index (χ0n) is 18.2. The molecular weight excluding hydrogens is 404 g/mol. The van der Waals surface area contributed by atoms with Crippen molar-refractivity contribution in [3.63, 3.8) is 0 Å².